The highest BCUT2D eigenvalue weighted by atomic mass is 127. The molecule has 5 rings (SSSR count). The van der Waals surface area contributed by atoms with Crippen molar-refractivity contribution >= 4 is 45.3 Å². The van der Waals surface area contributed by atoms with E-state index in [2.05, 4.69) is 60.9 Å². The maximum Gasteiger partial charge on any atom is 0.256 e. The number of nitrogens with one attached hydrogen (secondary N) is 2. The van der Waals surface area contributed by atoms with Gasteiger partial charge in [0.25, 0.3) is 5.56 Å². The van der Waals surface area contributed by atoms with Gasteiger partial charge in [0, 0.05) is 44.3 Å². The Morgan fingerprint density at radius 2 is 1.72 bits per heavy atom. The molecule has 3 heterocycles. The zero-order valence-corrected chi connectivity index (χ0v) is 24.4. The van der Waals surface area contributed by atoms with Gasteiger partial charge in [0.15, 0.2) is 5.65 Å². The van der Waals surface area contributed by atoms with Crippen LogP contribution in [0.4, 0.5) is 20.4 Å². The molecule has 204 valence electrons. The molecule has 39 heavy (non-hydrogen) atoms. The van der Waals surface area contributed by atoms with E-state index in [1.165, 1.54) is 12.1 Å². The van der Waals surface area contributed by atoms with Gasteiger partial charge in [-0.2, -0.15) is 4.98 Å². The van der Waals surface area contributed by atoms with Crippen molar-refractivity contribution in [2.45, 2.75) is 62.1 Å². The fourth-order valence-corrected chi connectivity index (χ4v) is 6.51. The van der Waals surface area contributed by atoms with Crippen molar-refractivity contribution in [3.63, 3.8) is 0 Å². The zero-order chi connectivity index (χ0) is 28.1. The molecule has 4 N–H and O–H groups in total. The van der Waals surface area contributed by atoms with Gasteiger partial charge in [0.2, 0.25) is 5.95 Å². The van der Waals surface area contributed by atoms with Crippen LogP contribution in [0.1, 0.15) is 46.1 Å². The number of rotatable bonds is 5. The van der Waals surface area contributed by atoms with E-state index in [-0.39, 0.29) is 28.7 Å². The number of nitrogens with two attached hydrogens (primary N) is 1. The van der Waals surface area contributed by atoms with Crippen molar-refractivity contribution < 1.29 is 8.78 Å². The highest BCUT2D eigenvalue weighted by molar-refractivity contribution is 14.1. The molecule has 0 aliphatic carbocycles. The number of fused-ring (bicyclic) bond motifs is 1. The van der Waals surface area contributed by atoms with Crippen LogP contribution in [0.5, 0.6) is 0 Å². The molecule has 0 radical (unpaired) electrons. The first kappa shape index (κ1) is 27.4. The van der Waals surface area contributed by atoms with E-state index in [4.69, 9.17) is 15.7 Å². The largest absolute Gasteiger partial charge is 0.399 e. The van der Waals surface area contributed by atoms with Gasteiger partial charge in [-0.1, -0.05) is 34.7 Å². The lowest BCUT2D eigenvalue weighted by atomic mass is 9.80. The van der Waals surface area contributed by atoms with Crippen molar-refractivity contribution in [1.29, 1.82) is 0 Å². The lowest BCUT2D eigenvalue weighted by Crippen LogP contribution is -2.60. The molecule has 0 atom stereocenters. The van der Waals surface area contributed by atoms with Crippen LogP contribution < -0.4 is 21.9 Å². The number of pyridine rings is 1. The summed E-state index contributed by atoms with van der Waals surface area (Å²) in [5.74, 6) is -1.45. The molecule has 0 saturated carbocycles. The van der Waals surface area contributed by atoms with Gasteiger partial charge in [-0.3, -0.25) is 9.36 Å². The average molecular weight is 645 g/mol. The third-order valence-corrected chi connectivity index (χ3v) is 7.79. The van der Waals surface area contributed by atoms with E-state index in [0.717, 1.165) is 40.7 Å². The van der Waals surface area contributed by atoms with Crippen LogP contribution in [0.3, 0.4) is 0 Å². The minimum absolute atomic E-state index is 0.0144. The van der Waals surface area contributed by atoms with Crippen molar-refractivity contribution in [3.05, 3.63) is 76.1 Å². The quantitative estimate of drug-likeness (QED) is 0.141. The second-order valence-electron chi connectivity index (χ2n) is 11.4. The summed E-state index contributed by atoms with van der Waals surface area (Å²) in [6, 6.07) is 12.0. The van der Waals surface area contributed by atoms with Gasteiger partial charge in [-0.25, -0.2) is 13.8 Å². The van der Waals surface area contributed by atoms with Gasteiger partial charge in [-0.15, -0.1) is 0 Å². The molecule has 1 aliphatic heterocycles. The Morgan fingerprint density at radius 1 is 1.05 bits per heavy atom. The van der Waals surface area contributed by atoms with E-state index >= 15 is 8.78 Å². The van der Waals surface area contributed by atoms with E-state index in [1.54, 1.807) is 6.07 Å². The monoisotopic (exact) mass is 644 g/mol. The molecule has 1 fully saturated rings. The van der Waals surface area contributed by atoms with Crippen LogP contribution in [-0.4, -0.2) is 31.7 Å². The molecule has 2 aromatic heterocycles. The number of nitrogen functional groups attached to an aromatic ring is 1. The smallest absolute Gasteiger partial charge is 0.256 e. The maximum atomic E-state index is 15.0. The molecule has 2 aromatic carbocycles. The molecule has 0 unspecified atom stereocenters. The summed E-state index contributed by atoms with van der Waals surface area (Å²) in [5, 5.41) is 7.62. The first-order valence-electron chi connectivity index (χ1n) is 12.8. The highest BCUT2D eigenvalue weighted by Gasteiger charge is 2.38. The summed E-state index contributed by atoms with van der Waals surface area (Å²) in [6.45, 7) is 8.58. The van der Waals surface area contributed by atoms with E-state index in [1.807, 2.05) is 18.2 Å². The van der Waals surface area contributed by atoms with Crippen molar-refractivity contribution in [3.8, 4) is 16.9 Å². The number of benzene rings is 2. The lowest BCUT2D eigenvalue weighted by Gasteiger charge is -2.46. The van der Waals surface area contributed by atoms with Crippen LogP contribution in [-0.2, 0) is 4.43 Å². The van der Waals surface area contributed by atoms with Crippen molar-refractivity contribution in [1.82, 2.24) is 19.9 Å². The summed E-state index contributed by atoms with van der Waals surface area (Å²) in [5.41, 5.74) is 7.75. The normalized spacial score (nSPS) is 16.9. The Labute approximate surface area is 239 Å². The molecule has 4 aromatic rings. The minimum Gasteiger partial charge on any atom is -0.399 e. The van der Waals surface area contributed by atoms with Crippen molar-refractivity contribution in [2.24, 2.45) is 0 Å². The molecule has 0 spiro atoms. The van der Waals surface area contributed by atoms with Crippen LogP contribution in [0.15, 0.2) is 53.3 Å². The summed E-state index contributed by atoms with van der Waals surface area (Å²) in [4.78, 5) is 22.8. The first-order chi connectivity index (χ1) is 18.4. The number of hydrogen-bond acceptors (Lipinski definition) is 6. The van der Waals surface area contributed by atoms with E-state index in [0.29, 0.717) is 21.2 Å². The fraction of sp³-hybridized carbons (Fsp3) is 0.345. The van der Waals surface area contributed by atoms with E-state index in [9.17, 15) is 4.79 Å². The molecular weight excluding hydrogens is 613 g/mol. The molecule has 10 heteroatoms. The second-order valence-corrected chi connectivity index (χ2v) is 12.2. The Kier molecular flexibility index (Phi) is 7.13. The second kappa shape index (κ2) is 10.1. The van der Waals surface area contributed by atoms with Gasteiger partial charge >= 0.3 is 0 Å². The van der Waals surface area contributed by atoms with Gasteiger partial charge in [-0.05, 0) is 76.4 Å². The number of piperidine rings is 1. The van der Waals surface area contributed by atoms with Gasteiger partial charge in [0.05, 0.1) is 5.69 Å². The zero-order valence-electron chi connectivity index (χ0n) is 22.3. The molecular formula is C29H31F2IN6O. The van der Waals surface area contributed by atoms with Crippen LogP contribution >= 0.6 is 22.6 Å². The number of para-hydroxylation sites is 1. The maximum absolute atomic E-state index is 15.0. The summed E-state index contributed by atoms with van der Waals surface area (Å²) < 4.78 is 31.7. The standard InChI is InChI=1S/C29H31F2IN6O/c1-28(2)13-18(14-29(3,4)37-28)34-27-35-24(20-12-17(33)9-8-16(20)15-32)19-10-11-23(39)38(26(19)36-27)25-21(30)6-5-7-22(25)31/h5-12,18,37H,13-15,33H2,1-4H3,(H,34,35,36). The summed E-state index contributed by atoms with van der Waals surface area (Å²) >= 11 is 2.27. The van der Waals surface area contributed by atoms with Gasteiger partial charge < -0.3 is 16.4 Å². The first-order valence-corrected chi connectivity index (χ1v) is 14.3. The molecule has 0 bridgehead atoms. The van der Waals surface area contributed by atoms with Crippen LogP contribution in [0, 0.1) is 11.6 Å². The summed E-state index contributed by atoms with van der Waals surface area (Å²) in [6.07, 6.45) is 1.60. The number of alkyl halides is 1. The Balaban J connectivity index is 1.79. The molecule has 7 nitrogen and oxygen atoms in total. The lowest BCUT2D eigenvalue weighted by molar-refractivity contribution is 0.170. The number of aromatic nitrogens is 3. The highest BCUT2D eigenvalue weighted by Crippen LogP contribution is 2.35. The predicted molar refractivity (Wildman–Crippen MR) is 161 cm³/mol. The Hall–Kier alpha value is -3.12. The minimum atomic E-state index is -0.863. The average Bonchev–Trinajstić information content (AvgIpc) is 2.82. The summed E-state index contributed by atoms with van der Waals surface area (Å²) in [7, 11) is 0. The SMILES string of the molecule is CC1(C)CC(Nc2nc(-c3cc(N)ccc3CI)c3ccc(=O)n(-c4c(F)cccc4F)c3n2)CC(C)(C)N1. The molecule has 0 amide bonds. The molecule has 1 aliphatic rings. The Bertz CT molecular complexity index is 1600. The topological polar surface area (TPSA) is 97.9 Å². The predicted octanol–water partition coefficient (Wildman–Crippen LogP) is 5.96. The third kappa shape index (κ3) is 5.49. The fourth-order valence-electron chi connectivity index (χ4n) is 5.84. The van der Waals surface area contributed by atoms with Crippen LogP contribution in [0.25, 0.3) is 28.0 Å². The number of halogens is 3. The van der Waals surface area contributed by atoms with Crippen molar-refractivity contribution in [2.75, 3.05) is 11.1 Å². The van der Waals surface area contributed by atoms with E-state index < -0.39 is 22.9 Å². The number of nitrogens with zero attached hydrogens (tertiary/aromatic N) is 3. The number of hydrogen-bond donors (Lipinski definition) is 3. The number of anilines is 2. The van der Waals surface area contributed by atoms with Gasteiger partial charge in [0.1, 0.15) is 17.3 Å². The molecule has 1 saturated heterocycles. The Morgan fingerprint density at radius 3 is 2.36 bits per heavy atom. The van der Waals surface area contributed by atoms with Crippen LogP contribution in [0.2, 0.25) is 0 Å². The third-order valence-electron chi connectivity index (χ3n) is 6.97.